The highest BCUT2D eigenvalue weighted by Crippen LogP contribution is 2.27. The van der Waals surface area contributed by atoms with E-state index in [1.54, 1.807) is 0 Å². The van der Waals surface area contributed by atoms with Crippen LogP contribution in [0.1, 0.15) is 30.8 Å². The van der Waals surface area contributed by atoms with Crippen LogP contribution in [-0.2, 0) is 13.0 Å². The maximum Gasteiger partial charge on any atom is 0.148 e. The molecule has 106 valence electrons. The fourth-order valence-corrected chi connectivity index (χ4v) is 2.07. The molecule has 2 aromatic rings. The maximum absolute atomic E-state index is 6.08. The predicted molar refractivity (Wildman–Crippen MR) is 82.2 cm³/mol. The van der Waals surface area contributed by atoms with Crippen molar-refractivity contribution in [2.45, 2.75) is 33.7 Å². The van der Waals surface area contributed by atoms with Crippen molar-refractivity contribution >= 4 is 0 Å². The standard InChI is InChI=1S/C17H22N2O/c1-4-15-17(11-10-13(3)19-15)20-16-9-7-6-8-14(16)12-18-5-2/h6-11,18H,4-5,12H2,1-3H3. The first kappa shape index (κ1) is 14.5. The molecule has 2 rings (SSSR count). The quantitative estimate of drug-likeness (QED) is 0.865. The van der Waals surface area contributed by atoms with Crippen molar-refractivity contribution in [1.29, 1.82) is 0 Å². The molecule has 1 aromatic heterocycles. The van der Waals surface area contributed by atoms with E-state index in [1.165, 1.54) is 0 Å². The fraction of sp³-hybridized carbons (Fsp3) is 0.353. The smallest absolute Gasteiger partial charge is 0.148 e. The minimum Gasteiger partial charge on any atom is -0.455 e. The molecule has 1 N–H and O–H groups in total. The Hall–Kier alpha value is -1.87. The van der Waals surface area contributed by atoms with Crippen LogP contribution >= 0.6 is 0 Å². The van der Waals surface area contributed by atoms with Crippen LogP contribution in [0.25, 0.3) is 0 Å². The third-order valence-corrected chi connectivity index (χ3v) is 3.16. The molecule has 0 aliphatic carbocycles. The Morgan fingerprint density at radius 1 is 1.05 bits per heavy atom. The first-order valence-electron chi connectivity index (χ1n) is 7.17. The fourth-order valence-electron chi connectivity index (χ4n) is 2.07. The van der Waals surface area contributed by atoms with Gasteiger partial charge in [0.2, 0.25) is 0 Å². The Balaban J connectivity index is 2.25. The molecular formula is C17H22N2O. The molecule has 0 aliphatic heterocycles. The van der Waals surface area contributed by atoms with Gasteiger partial charge in [0.15, 0.2) is 0 Å². The van der Waals surface area contributed by atoms with Gasteiger partial charge in [-0.3, -0.25) is 4.98 Å². The van der Waals surface area contributed by atoms with Gasteiger partial charge >= 0.3 is 0 Å². The second-order valence-electron chi connectivity index (χ2n) is 4.74. The molecular weight excluding hydrogens is 248 g/mol. The molecule has 0 amide bonds. The van der Waals surface area contributed by atoms with E-state index < -0.39 is 0 Å². The van der Waals surface area contributed by atoms with Crippen LogP contribution in [0, 0.1) is 6.92 Å². The van der Waals surface area contributed by atoms with Crippen LogP contribution in [0.2, 0.25) is 0 Å². The minimum atomic E-state index is 0.813. The maximum atomic E-state index is 6.08. The van der Waals surface area contributed by atoms with Gasteiger partial charge in [-0.25, -0.2) is 0 Å². The Morgan fingerprint density at radius 2 is 1.85 bits per heavy atom. The number of nitrogens with zero attached hydrogens (tertiary/aromatic N) is 1. The van der Waals surface area contributed by atoms with Gasteiger partial charge in [-0.15, -0.1) is 0 Å². The van der Waals surface area contributed by atoms with E-state index in [0.29, 0.717) is 0 Å². The summed E-state index contributed by atoms with van der Waals surface area (Å²) in [7, 11) is 0. The molecule has 0 aliphatic rings. The van der Waals surface area contributed by atoms with E-state index in [1.807, 2.05) is 37.3 Å². The molecule has 3 nitrogen and oxygen atoms in total. The number of para-hydroxylation sites is 1. The summed E-state index contributed by atoms with van der Waals surface area (Å²) in [6.45, 7) is 7.96. The number of ether oxygens (including phenoxy) is 1. The zero-order valence-corrected chi connectivity index (χ0v) is 12.4. The number of pyridine rings is 1. The molecule has 0 bridgehead atoms. The van der Waals surface area contributed by atoms with Crippen molar-refractivity contribution in [1.82, 2.24) is 10.3 Å². The first-order valence-corrected chi connectivity index (χ1v) is 7.17. The third kappa shape index (κ3) is 3.58. The number of nitrogens with one attached hydrogen (secondary N) is 1. The van der Waals surface area contributed by atoms with Gasteiger partial charge in [0.05, 0.1) is 5.69 Å². The molecule has 20 heavy (non-hydrogen) atoms. The highest BCUT2D eigenvalue weighted by atomic mass is 16.5. The van der Waals surface area contributed by atoms with Gasteiger partial charge in [0.25, 0.3) is 0 Å². The summed E-state index contributed by atoms with van der Waals surface area (Å²) in [5, 5.41) is 3.33. The van der Waals surface area contributed by atoms with Crippen LogP contribution in [-0.4, -0.2) is 11.5 Å². The summed E-state index contributed by atoms with van der Waals surface area (Å²) in [5.74, 6) is 1.75. The van der Waals surface area contributed by atoms with E-state index in [-0.39, 0.29) is 0 Å². The number of aryl methyl sites for hydroxylation is 2. The summed E-state index contributed by atoms with van der Waals surface area (Å²) in [5.41, 5.74) is 3.19. The Labute approximate surface area is 121 Å². The van der Waals surface area contributed by atoms with Crippen LogP contribution in [0.15, 0.2) is 36.4 Å². The third-order valence-electron chi connectivity index (χ3n) is 3.16. The summed E-state index contributed by atoms with van der Waals surface area (Å²) >= 11 is 0. The monoisotopic (exact) mass is 270 g/mol. The zero-order chi connectivity index (χ0) is 14.4. The lowest BCUT2D eigenvalue weighted by molar-refractivity contribution is 0.464. The van der Waals surface area contributed by atoms with Gasteiger partial charge in [0.1, 0.15) is 11.5 Å². The van der Waals surface area contributed by atoms with Crippen LogP contribution in [0.4, 0.5) is 0 Å². The number of hydrogen-bond acceptors (Lipinski definition) is 3. The van der Waals surface area contributed by atoms with Crippen molar-refractivity contribution < 1.29 is 4.74 Å². The van der Waals surface area contributed by atoms with Gasteiger partial charge in [-0.1, -0.05) is 32.0 Å². The van der Waals surface area contributed by atoms with E-state index in [9.17, 15) is 0 Å². The van der Waals surface area contributed by atoms with Gasteiger partial charge in [0, 0.05) is 17.8 Å². The van der Waals surface area contributed by atoms with E-state index in [4.69, 9.17) is 4.74 Å². The Kier molecular flexibility index (Phi) is 5.13. The van der Waals surface area contributed by atoms with E-state index in [2.05, 4.69) is 30.2 Å². The molecule has 0 saturated carbocycles. The molecule has 1 aromatic carbocycles. The van der Waals surface area contributed by atoms with Crippen molar-refractivity contribution in [2.24, 2.45) is 0 Å². The largest absolute Gasteiger partial charge is 0.455 e. The molecule has 0 radical (unpaired) electrons. The molecule has 3 heteroatoms. The minimum absolute atomic E-state index is 0.813. The molecule has 0 saturated heterocycles. The number of aromatic nitrogens is 1. The van der Waals surface area contributed by atoms with Crippen molar-refractivity contribution in [2.75, 3.05) is 6.54 Å². The van der Waals surface area contributed by atoms with Crippen LogP contribution in [0.3, 0.4) is 0 Å². The summed E-state index contributed by atoms with van der Waals surface area (Å²) in [6, 6.07) is 12.1. The molecule has 1 heterocycles. The molecule has 0 atom stereocenters. The predicted octanol–water partition coefficient (Wildman–Crippen LogP) is 3.85. The lowest BCUT2D eigenvalue weighted by Gasteiger charge is -2.13. The SMILES string of the molecule is CCNCc1ccccc1Oc1ccc(C)nc1CC. The second kappa shape index (κ2) is 7.06. The Bertz CT molecular complexity index is 567. The highest BCUT2D eigenvalue weighted by Gasteiger charge is 2.08. The number of benzene rings is 1. The average Bonchev–Trinajstić information content (AvgIpc) is 2.48. The van der Waals surface area contributed by atoms with Crippen LogP contribution < -0.4 is 10.1 Å². The second-order valence-corrected chi connectivity index (χ2v) is 4.74. The topological polar surface area (TPSA) is 34.1 Å². The normalized spacial score (nSPS) is 10.6. The zero-order valence-electron chi connectivity index (χ0n) is 12.4. The summed E-state index contributed by atoms with van der Waals surface area (Å²) in [4.78, 5) is 4.54. The lowest BCUT2D eigenvalue weighted by atomic mass is 10.2. The summed E-state index contributed by atoms with van der Waals surface area (Å²) in [6.07, 6.45) is 0.867. The number of rotatable bonds is 6. The van der Waals surface area contributed by atoms with E-state index >= 15 is 0 Å². The first-order chi connectivity index (χ1) is 9.74. The van der Waals surface area contributed by atoms with Crippen LogP contribution in [0.5, 0.6) is 11.5 Å². The van der Waals surface area contributed by atoms with Crippen molar-refractivity contribution in [3.63, 3.8) is 0 Å². The van der Waals surface area contributed by atoms with Crippen molar-refractivity contribution in [3.05, 3.63) is 53.3 Å². The lowest BCUT2D eigenvalue weighted by Crippen LogP contribution is -2.12. The van der Waals surface area contributed by atoms with Gasteiger partial charge in [-0.05, 0) is 38.1 Å². The summed E-state index contributed by atoms with van der Waals surface area (Å²) < 4.78 is 6.08. The Morgan fingerprint density at radius 3 is 2.60 bits per heavy atom. The highest BCUT2D eigenvalue weighted by molar-refractivity contribution is 5.39. The number of hydrogen-bond donors (Lipinski definition) is 1. The van der Waals surface area contributed by atoms with E-state index in [0.717, 1.165) is 48.0 Å². The molecule has 0 spiro atoms. The molecule has 0 fully saturated rings. The molecule has 0 unspecified atom stereocenters. The van der Waals surface area contributed by atoms with Gasteiger partial charge in [-0.2, -0.15) is 0 Å². The van der Waals surface area contributed by atoms with Crippen molar-refractivity contribution in [3.8, 4) is 11.5 Å². The van der Waals surface area contributed by atoms with Gasteiger partial charge < -0.3 is 10.1 Å². The average molecular weight is 270 g/mol.